The normalized spacial score (nSPS) is 11.7. The summed E-state index contributed by atoms with van der Waals surface area (Å²) in [5.41, 5.74) is 0. The van der Waals surface area contributed by atoms with Crippen LogP contribution in [-0.2, 0) is 4.18 Å². The second kappa shape index (κ2) is 7.24. The lowest BCUT2D eigenvalue weighted by atomic mass is 10.3. The molecule has 29 heavy (non-hydrogen) atoms. The van der Waals surface area contributed by atoms with E-state index in [4.69, 9.17) is 4.18 Å². The van der Waals surface area contributed by atoms with Gasteiger partial charge in [-0.05, 0) is 12.1 Å². The van der Waals surface area contributed by atoms with Crippen LogP contribution in [0.15, 0.2) is 69.3 Å². The van der Waals surface area contributed by atoms with Gasteiger partial charge in [-0.1, -0.05) is 18.2 Å². The fraction of sp³-hybridized carbons (Fsp3) is 0. The highest BCUT2D eigenvalue weighted by atomic mass is 32.3. The maximum atomic E-state index is 11.7. The van der Waals surface area contributed by atoms with Crippen molar-refractivity contribution in [2.24, 2.45) is 0 Å². The summed E-state index contributed by atoms with van der Waals surface area (Å²) >= 11 is 0. The van der Waals surface area contributed by atoms with E-state index < -0.39 is 60.8 Å². The van der Waals surface area contributed by atoms with Gasteiger partial charge in [0, 0.05) is 39.5 Å². The van der Waals surface area contributed by atoms with Crippen molar-refractivity contribution in [1.29, 1.82) is 0 Å². The van der Waals surface area contributed by atoms with Gasteiger partial charge in [0.15, 0.2) is 0 Å². The van der Waals surface area contributed by atoms with Crippen LogP contribution in [0.3, 0.4) is 0 Å². The van der Waals surface area contributed by atoms with Gasteiger partial charge in [0.2, 0.25) is 0 Å². The highest BCUT2D eigenvalue weighted by Gasteiger charge is 2.44. The number of carboxylic acid groups (broad SMARTS) is 1. The molecule has 0 aliphatic carbocycles. The number of phenolic OH excluding ortho intramolecular Hbond substituents is 6. The number of aromatic hydroxyl groups is 6. The van der Waals surface area contributed by atoms with Crippen LogP contribution in [0, 0.1) is 0 Å². The van der Waals surface area contributed by atoms with Crippen LogP contribution in [0.2, 0.25) is 0 Å². The zero-order chi connectivity index (χ0) is 21.3. The lowest BCUT2D eigenvalue weighted by molar-refractivity contribution is 0.150. The van der Waals surface area contributed by atoms with Crippen molar-refractivity contribution in [2.45, 2.75) is 14.7 Å². The molecule has 0 amide bonds. The number of hydrogen-bond donors (Lipinski definition) is 7. The van der Waals surface area contributed by atoms with Crippen LogP contribution in [0.25, 0.3) is 0 Å². The van der Waals surface area contributed by atoms with Crippen molar-refractivity contribution < 1.29 is 44.7 Å². The number of phenols is 6. The molecule has 3 aromatic rings. The maximum absolute atomic E-state index is 11.7. The molecule has 0 bridgehead atoms. The van der Waals surface area contributed by atoms with E-state index in [0.29, 0.717) is 0 Å². The number of carbonyl (C=O) groups is 1. The van der Waals surface area contributed by atoms with Gasteiger partial charge in [-0.15, -0.1) is 0 Å². The van der Waals surface area contributed by atoms with Gasteiger partial charge in [0.05, 0.1) is 0 Å². The lowest BCUT2D eigenvalue weighted by Crippen LogP contribution is -2.13. The van der Waals surface area contributed by atoms with Crippen LogP contribution in [0.1, 0.15) is 0 Å². The lowest BCUT2D eigenvalue weighted by Gasteiger charge is -2.39. The minimum atomic E-state index is -3.71. The Bertz CT molecular complexity index is 979. The summed E-state index contributed by atoms with van der Waals surface area (Å²) in [5.74, 6) is -3.99. The Kier molecular flexibility index (Phi) is 4.95. The smallest absolute Gasteiger partial charge is 0.508 e. The van der Waals surface area contributed by atoms with Crippen LogP contribution >= 0.6 is 10.3 Å². The zero-order valence-electron chi connectivity index (χ0n) is 14.6. The minimum absolute atomic E-state index is 0.0787. The molecule has 0 radical (unpaired) electrons. The van der Waals surface area contributed by atoms with Gasteiger partial charge in [0.25, 0.3) is 0 Å². The summed E-state index contributed by atoms with van der Waals surface area (Å²) in [4.78, 5) is 10.8. The first-order valence-corrected chi connectivity index (χ1v) is 9.53. The Balaban J connectivity index is 2.56. The Labute approximate surface area is 165 Å². The van der Waals surface area contributed by atoms with Crippen molar-refractivity contribution in [1.82, 2.24) is 0 Å². The van der Waals surface area contributed by atoms with Crippen LogP contribution < -0.4 is 0 Å². The van der Waals surface area contributed by atoms with E-state index in [1.165, 1.54) is 24.3 Å². The molecule has 0 heterocycles. The highest BCUT2D eigenvalue weighted by Crippen LogP contribution is 2.76. The number of rotatable bonds is 4. The third kappa shape index (κ3) is 3.36. The highest BCUT2D eigenvalue weighted by molar-refractivity contribution is 8.30. The average Bonchev–Trinajstić information content (AvgIpc) is 2.59. The van der Waals surface area contributed by atoms with Crippen LogP contribution in [0.5, 0.6) is 34.5 Å². The largest absolute Gasteiger partial charge is 0.517 e. The first kappa shape index (κ1) is 19.8. The standard InChI is InChI=1S/C19H16O9S/c20-10-6-13(22)17(14(23)7-10)29(28-19(26)27,12-4-2-1-3-5-12)18-15(24)8-11(21)9-16(18)25/h1-9,20-25H,(H,26,27). The summed E-state index contributed by atoms with van der Waals surface area (Å²) in [6, 6.07) is 10.9. The summed E-state index contributed by atoms with van der Waals surface area (Å²) in [6.45, 7) is 0. The first-order valence-electron chi connectivity index (χ1n) is 7.97. The molecule has 0 spiro atoms. The van der Waals surface area contributed by atoms with E-state index in [2.05, 4.69) is 0 Å². The topological polar surface area (TPSA) is 168 Å². The van der Waals surface area contributed by atoms with Crippen LogP contribution in [-0.4, -0.2) is 41.9 Å². The van der Waals surface area contributed by atoms with Crippen molar-refractivity contribution in [3.63, 3.8) is 0 Å². The fourth-order valence-electron chi connectivity index (χ4n) is 2.95. The Morgan fingerprint density at radius 3 is 1.41 bits per heavy atom. The van der Waals surface area contributed by atoms with Crippen molar-refractivity contribution in [3.8, 4) is 34.5 Å². The molecule has 3 aromatic carbocycles. The molecule has 10 heteroatoms. The molecule has 3 rings (SSSR count). The van der Waals surface area contributed by atoms with Crippen molar-refractivity contribution in [2.75, 3.05) is 0 Å². The second-order valence-electron chi connectivity index (χ2n) is 5.84. The SMILES string of the molecule is O=C(O)OS(c1ccccc1)(c1c(O)cc(O)cc1O)c1c(O)cc(O)cc1O. The molecule has 0 saturated heterocycles. The molecule has 0 fully saturated rings. The zero-order valence-corrected chi connectivity index (χ0v) is 15.4. The van der Waals surface area contributed by atoms with Gasteiger partial charge in [-0.2, -0.15) is 0 Å². The van der Waals surface area contributed by atoms with Crippen LogP contribution in [0.4, 0.5) is 4.79 Å². The fourth-order valence-corrected chi connectivity index (χ4v) is 6.05. The molecule has 0 aliphatic rings. The molecular formula is C19H16O9S. The Morgan fingerprint density at radius 1 is 0.690 bits per heavy atom. The van der Waals surface area contributed by atoms with E-state index in [0.717, 1.165) is 24.3 Å². The number of hydrogen-bond acceptors (Lipinski definition) is 8. The van der Waals surface area contributed by atoms with Gasteiger partial charge >= 0.3 is 6.16 Å². The van der Waals surface area contributed by atoms with E-state index in [1.54, 1.807) is 6.07 Å². The van der Waals surface area contributed by atoms with E-state index in [-0.39, 0.29) is 4.90 Å². The molecular weight excluding hydrogens is 404 g/mol. The summed E-state index contributed by atoms with van der Waals surface area (Å²) in [7, 11) is -3.71. The molecule has 0 saturated carbocycles. The van der Waals surface area contributed by atoms with Gasteiger partial charge in [-0.3, -0.25) is 0 Å². The summed E-state index contributed by atoms with van der Waals surface area (Å²) in [5, 5.41) is 70.8. The summed E-state index contributed by atoms with van der Waals surface area (Å²) < 4.78 is 5.20. The quantitative estimate of drug-likeness (QED) is 0.332. The average molecular weight is 420 g/mol. The summed E-state index contributed by atoms with van der Waals surface area (Å²) in [6.07, 6.45) is -1.83. The van der Waals surface area contributed by atoms with Gasteiger partial charge in [0.1, 0.15) is 44.3 Å². The second-order valence-corrected chi connectivity index (χ2v) is 8.41. The van der Waals surface area contributed by atoms with E-state index in [1.807, 2.05) is 0 Å². The monoisotopic (exact) mass is 420 g/mol. The third-order valence-corrected chi connectivity index (χ3v) is 7.23. The molecule has 152 valence electrons. The molecule has 0 aliphatic heterocycles. The predicted molar refractivity (Wildman–Crippen MR) is 101 cm³/mol. The Morgan fingerprint density at radius 2 is 1.07 bits per heavy atom. The van der Waals surface area contributed by atoms with Crippen molar-refractivity contribution >= 4 is 16.5 Å². The minimum Gasteiger partial charge on any atom is -0.508 e. The first-order chi connectivity index (χ1) is 13.7. The molecule has 0 aromatic heterocycles. The molecule has 7 N–H and O–H groups in total. The van der Waals surface area contributed by atoms with Gasteiger partial charge in [-0.25, -0.2) is 4.79 Å². The Hall–Kier alpha value is -3.92. The molecule has 9 nitrogen and oxygen atoms in total. The maximum Gasteiger partial charge on any atom is 0.517 e. The van der Waals surface area contributed by atoms with E-state index >= 15 is 0 Å². The molecule has 0 atom stereocenters. The number of benzene rings is 3. The molecule has 0 unspecified atom stereocenters. The van der Waals surface area contributed by atoms with E-state index in [9.17, 15) is 40.5 Å². The predicted octanol–water partition coefficient (Wildman–Crippen LogP) is 3.81. The third-order valence-electron chi connectivity index (χ3n) is 3.92. The van der Waals surface area contributed by atoms with Crippen molar-refractivity contribution in [3.05, 3.63) is 54.6 Å². The van der Waals surface area contributed by atoms with Gasteiger partial charge < -0.3 is 39.9 Å².